The molecule has 1 spiro atoms. The molecule has 1 aromatic carbocycles. The number of urea groups is 1. The van der Waals surface area contributed by atoms with Gasteiger partial charge in [0.15, 0.2) is 0 Å². The third-order valence-electron chi connectivity index (χ3n) is 6.59. The lowest BCUT2D eigenvalue weighted by Crippen LogP contribution is -2.56. The van der Waals surface area contributed by atoms with Crippen molar-refractivity contribution in [2.45, 2.75) is 31.3 Å². The number of thiophene rings is 1. The molecule has 172 valence electrons. The Morgan fingerprint density at radius 1 is 1.00 bits per heavy atom. The Labute approximate surface area is 193 Å². The van der Waals surface area contributed by atoms with Crippen molar-refractivity contribution < 1.29 is 19.1 Å². The second-order valence-corrected chi connectivity index (χ2v) is 9.20. The first-order valence-corrected chi connectivity index (χ1v) is 12.0. The molecule has 2 saturated heterocycles. The average Bonchev–Trinajstić information content (AvgIpc) is 3.39. The van der Waals surface area contributed by atoms with Gasteiger partial charge in [-0.3, -0.25) is 14.6 Å². The van der Waals surface area contributed by atoms with Gasteiger partial charge >= 0.3 is 6.03 Å². The molecule has 3 amide bonds. The summed E-state index contributed by atoms with van der Waals surface area (Å²) in [6, 6.07) is 9.84. The van der Waals surface area contributed by atoms with Crippen LogP contribution in [0.5, 0.6) is 5.75 Å². The molecule has 0 unspecified atom stereocenters. The number of rotatable bonds is 9. The number of hydrogen-bond donors (Lipinski definition) is 0. The number of benzene rings is 1. The van der Waals surface area contributed by atoms with Crippen molar-refractivity contribution in [2.75, 3.05) is 47.0 Å². The highest BCUT2D eigenvalue weighted by molar-refractivity contribution is 7.07. The quantitative estimate of drug-likeness (QED) is 0.541. The van der Waals surface area contributed by atoms with Gasteiger partial charge in [-0.2, -0.15) is 11.3 Å². The van der Waals surface area contributed by atoms with Crippen LogP contribution in [-0.4, -0.2) is 79.2 Å². The van der Waals surface area contributed by atoms with Gasteiger partial charge < -0.3 is 14.4 Å². The molecule has 2 aliphatic rings. The minimum Gasteiger partial charge on any atom is -0.497 e. The second kappa shape index (κ2) is 10.0. The molecule has 0 N–H and O–H groups in total. The van der Waals surface area contributed by atoms with Crippen molar-refractivity contribution in [2.24, 2.45) is 0 Å². The Morgan fingerprint density at radius 2 is 1.75 bits per heavy atom. The summed E-state index contributed by atoms with van der Waals surface area (Å²) in [6.07, 6.45) is 2.02. The third kappa shape index (κ3) is 4.53. The number of carbonyl (C=O) groups is 2. The number of piperidine rings is 1. The molecule has 2 aliphatic heterocycles. The highest BCUT2D eigenvalue weighted by Gasteiger charge is 2.57. The molecule has 0 atom stereocenters. The van der Waals surface area contributed by atoms with Crippen LogP contribution >= 0.6 is 11.3 Å². The molecule has 2 fully saturated rings. The van der Waals surface area contributed by atoms with Crippen LogP contribution in [0.1, 0.15) is 24.0 Å². The topological polar surface area (TPSA) is 62.3 Å². The van der Waals surface area contributed by atoms with E-state index >= 15 is 0 Å². The van der Waals surface area contributed by atoms with Crippen molar-refractivity contribution in [3.8, 4) is 5.75 Å². The molecule has 0 aliphatic carbocycles. The number of methoxy groups -OCH3 is 2. The van der Waals surface area contributed by atoms with Crippen molar-refractivity contribution in [1.29, 1.82) is 0 Å². The second-order valence-electron chi connectivity index (χ2n) is 8.42. The van der Waals surface area contributed by atoms with E-state index in [1.54, 1.807) is 25.6 Å². The van der Waals surface area contributed by atoms with Crippen LogP contribution in [0.15, 0.2) is 41.1 Å². The van der Waals surface area contributed by atoms with Gasteiger partial charge in [0.2, 0.25) is 0 Å². The van der Waals surface area contributed by atoms with E-state index in [4.69, 9.17) is 9.47 Å². The smallest absolute Gasteiger partial charge is 0.327 e. The molecular weight excluding hydrogens is 426 g/mol. The standard InChI is InChI=1S/C24H31N3O4S/c1-30-15-14-26-22(28)24(9-12-25(13-10-24)17-20-8-16-32-18-20)27(23(26)29)11-7-19-3-5-21(31-2)6-4-19/h3-6,8,16,18H,7,9-15,17H2,1-2H3. The number of nitrogens with zero attached hydrogens (tertiary/aromatic N) is 3. The minimum atomic E-state index is -0.748. The van der Waals surface area contributed by atoms with Gasteiger partial charge in [0.25, 0.3) is 5.91 Å². The first-order chi connectivity index (χ1) is 15.6. The fourth-order valence-electron chi connectivity index (χ4n) is 4.71. The van der Waals surface area contributed by atoms with E-state index in [1.165, 1.54) is 10.5 Å². The molecule has 4 rings (SSSR count). The fraction of sp³-hybridized carbons (Fsp3) is 0.500. The van der Waals surface area contributed by atoms with Crippen LogP contribution in [0.3, 0.4) is 0 Å². The maximum absolute atomic E-state index is 13.5. The molecule has 1 aromatic heterocycles. The van der Waals surface area contributed by atoms with Crippen molar-refractivity contribution in [3.63, 3.8) is 0 Å². The highest BCUT2D eigenvalue weighted by Crippen LogP contribution is 2.38. The lowest BCUT2D eigenvalue weighted by atomic mass is 9.85. The predicted molar refractivity (Wildman–Crippen MR) is 124 cm³/mol. The molecule has 0 radical (unpaired) electrons. The Kier molecular flexibility index (Phi) is 7.13. The summed E-state index contributed by atoms with van der Waals surface area (Å²) in [7, 11) is 3.23. The SMILES string of the molecule is COCCN1C(=O)N(CCc2ccc(OC)cc2)C2(CCN(Cc3ccsc3)CC2)C1=O. The highest BCUT2D eigenvalue weighted by atomic mass is 32.1. The zero-order valence-electron chi connectivity index (χ0n) is 18.8. The summed E-state index contributed by atoms with van der Waals surface area (Å²) < 4.78 is 10.4. The molecular formula is C24H31N3O4S. The molecule has 7 nitrogen and oxygen atoms in total. The summed E-state index contributed by atoms with van der Waals surface area (Å²) in [5.41, 5.74) is 1.67. The normalized spacial score (nSPS) is 18.7. The molecule has 8 heteroatoms. The first kappa shape index (κ1) is 22.8. The summed E-state index contributed by atoms with van der Waals surface area (Å²) in [5.74, 6) is 0.742. The van der Waals surface area contributed by atoms with Crippen LogP contribution in [-0.2, 0) is 22.5 Å². The van der Waals surface area contributed by atoms with E-state index in [0.29, 0.717) is 39.0 Å². The largest absolute Gasteiger partial charge is 0.497 e. The summed E-state index contributed by atoms with van der Waals surface area (Å²) in [4.78, 5) is 32.4. The Hall–Kier alpha value is -2.42. The summed E-state index contributed by atoms with van der Waals surface area (Å²) in [6.45, 7) is 3.65. The fourth-order valence-corrected chi connectivity index (χ4v) is 5.37. The van der Waals surface area contributed by atoms with Crippen LogP contribution in [0.25, 0.3) is 0 Å². The van der Waals surface area contributed by atoms with Gasteiger partial charge in [-0.15, -0.1) is 0 Å². The lowest BCUT2D eigenvalue weighted by Gasteiger charge is -2.42. The monoisotopic (exact) mass is 457 g/mol. The number of ether oxygens (including phenoxy) is 2. The van der Waals surface area contributed by atoms with E-state index in [-0.39, 0.29) is 11.9 Å². The van der Waals surface area contributed by atoms with E-state index in [0.717, 1.165) is 30.9 Å². The van der Waals surface area contributed by atoms with Crippen LogP contribution in [0.2, 0.25) is 0 Å². The van der Waals surface area contributed by atoms with Crippen molar-refractivity contribution in [1.82, 2.24) is 14.7 Å². The number of imide groups is 1. The van der Waals surface area contributed by atoms with Gasteiger partial charge in [0.1, 0.15) is 11.3 Å². The Morgan fingerprint density at radius 3 is 2.38 bits per heavy atom. The van der Waals surface area contributed by atoms with Gasteiger partial charge in [-0.25, -0.2) is 4.79 Å². The summed E-state index contributed by atoms with van der Waals surface area (Å²) in [5, 5.41) is 4.26. The van der Waals surface area contributed by atoms with Crippen molar-refractivity contribution >= 4 is 23.3 Å². The zero-order chi connectivity index (χ0) is 22.6. The maximum Gasteiger partial charge on any atom is 0.327 e. The first-order valence-electron chi connectivity index (χ1n) is 11.1. The number of likely N-dealkylation sites (tertiary alicyclic amines) is 1. The molecule has 0 saturated carbocycles. The Balaban J connectivity index is 1.48. The van der Waals surface area contributed by atoms with Gasteiger partial charge in [0, 0.05) is 33.3 Å². The van der Waals surface area contributed by atoms with Crippen LogP contribution in [0.4, 0.5) is 4.79 Å². The Bertz CT molecular complexity index is 908. The molecule has 2 aromatic rings. The summed E-state index contributed by atoms with van der Waals surface area (Å²) >= 11 is 1.70. The van der Waals surface area contributed by atoms with E-state index in [9.17, 15) is 9.59 Å². The third-order valence-corrected chi connectivity index (χ3v) is 7.33. The molecule has 32 heavy (non-hydrogen) atoms. The van der Waals surface area contributed by atoms with Gasteiger partial charge in [-0.05, 0) is 59.3 Å². The van der Waals surface area contributed by atoms with Crippen LogP contribution < -0.4 is 4.74 Å². The number of carbonyl (C=O) groups excluding carboxylic acids is 2. The van der Waals surface area contributed by atoms with E-state index in [2.05, 4.69) is 21.7 Å². The van der Waals surface area contributed by atoms with E-state index in [1.807, 2.05) is 29.2 Å². The minimum absolute atomic E-state index is 0.0653. The van der Waals surface area contributed by atoms with E-state index < -0.39 is 5.54 Å². The number of amides is 3. The molecule has 0 bridgehead atoms. The van der Waals surface area contributed by atoms with Crippen LogP contribution in [0, 0.1) is 0 Å². The zero-order valence-corrected chi connectivity index (χ0v) is 19.6. The average molecular weight is 458 g/mol. The molecule has 3 heterocycles. The van der Waals surface area contributed by atoms with Gasteiger partial charge in [0.05, 0.1) is 20.3 Å². The lowest BCUT2D eigenvalue weighted by molar-refractivity contribution is -0.136. The van der Waals surface area contributed by atoms with Gasteiger partial charge in [-0.1, -0.05) is 12.1 Å². The van der Waals surface area contributed by atoms with Crippen molar-refractivity contribution in [3.05, 3.63) is 52.2 Å². The number of hydrogen-bond acceptors (Lipinski definition) is 6. The maximum atomic E-state index is 13.5. The predicted octanol–water partition coefficient (Wildman–Crippen LogP) is 3.24.